The Hall–Kier alpha value is -1.28. The molecule has 0 spiro atoms. The van der Waals surface area contributed by atoms with Gasteiger partial charge in [0, 0.05) is 19.1 Å². The van der Waals surface area contributed by atoms with Crippen LogP contribution in [0.25, 0.3) is 10.8 Å². The van der Waals surface area contributed by atoms with Crippen molar-refractivity contribution in [1.29, 1.82) is 0 Å². The molecule has 1 saturated heterocycles. The van der Waals surface area contributed by atoms with Crippen LogP contribution in [0.3, 0.4) is 0 Å². The van der Waals surface area contributed by atoms with Crippen molar-refractivity contribution in [3.8, 4) is 10.8 Å². The van der Waals surface area contributed by atoms with E-state index in [1.165, 1.54) is 0 Å². The first-order valence-corrected chi connectivity index (χ1v) is 7.93. The second-order valence-corrected chi connectivity index (χ2v) is 6.68. The highest BCUT2D eigenvalue weighted by Crippen LogP contribution is 2.24. The van der Waals surface area contributed by atoms with Crippen LogP contribution in [-0.2, 0) is 6.54 Å². The monoisotopic (exact) mass is 308 g/mol. The first-order chi connectivity index (χ1) is 10.1. The number of rotatable bonds is 5. The van der Waals surface area contributed by atoms with Gasteiger partial charge in [0.15, 0.2) is 5.82 Å². The number of thiophene rings is 1. The minimum absolute atomic E-state index is 0.265. The first-order valence-electron chi connectivity index (χ1n) is 7.05. The summed E-state index contributed by atoms with van der Waals surface area (Å²) in [5.41, 5.74) is 0. The molecular formula is C14H20N4O2S. The van der Waals surface area contributed by atoms with Crippen molar-refractivity contribution in [2.24, 2.45) is 0 Å². The van der Waals surface area contributed by atoms with Gasteiger partial charge in [-0.3, -0.25) is 4.90 Å². The molecule has 1 aliphatic heterocycles. The number of hydrogen-bond donors (Lipinski definition) is 1. The number of likely N-dealkylation sites (N-methyl/N-ethyl adjacent to an activating group) is 1. The third kappa shape index (κ3) is 3.49. The number of aliphatic hydroxyl groups excluding tert-OH is 1. The Morgan fingerprint density at radius 3 is 3.10 bits per heavy atom. The second-order valence-electron chi connectivity index (χ2n) is 5.73. The summed E-state index contributed by atoms with van der Waals surface area (Å²) in [6.45, 7) is 2.21. The van der Waals surface area contributed by atoms with Gasteiger partial charge >= 0.3 is 0 Å². The van der Waals surface area contributed by atoms with Crippen molar-refractivity contribution in [3.63, 3.8) is 0 Å². The smallest absolute Gasteiger partial charge is 0.268 e. The van der Waals surface area contributed by atoms with Gasteiger partial charge in [-0.25, -0.2) is 0 Å². The molecular weight excluding hydrogens is 288 g/mol. The lowest BCUT2D eigenvalue weighted by atomic mass is 10.2. The van der Waals surface area contributed by atoms with Crippen molar-refractivity contribution in [1.82, 2.24) is 19.9 Å². The number of β-amino-alcohol motifs (C(OH)–C–C–N with tert-alkyl or cyclic N) is 1. The van der Waals surface area contributed by atoms with Crippen LogP contribution in [0.1, 0.15) is 12.2 Å². The molecule has 1 N–H and O–H groups in total. The minimum Gasteiger partial charge on any atom is -0.392 e. The average Bonchev–Trinajstić information content (AvgIpc) is 3.11. The Kier molecular flexibility index (Phi) is 4.34. The topological polar surface area (TPSA) is 65.6 Å². The molecule has 0 bridgehead atoms. The fraction of sp³-hybridized carbons (Fsp3) is 0.571. The van der Waals surface area contributed by atoms with Crippen molar-refractivity contribution in [2.75, 3.05) is 27.2 Å². The molecule has 2 aromatic heterocycles. The molecule has 2 atom stereocenters. The summed E-state index contributed by atoms with van der Waals surface area (Å²) >= 11 is 1.58. The number of nitrogens with zero attached hydrogens (tertiary/aromatic N) is 4. The first kappa shape index (κ1) is 14.6. The highest BCUT2D eigenvalue weighted by atomic mass is 32.1. The van der Waals surface area contributed by atoms with Crippen LogP contribution in [0.15, 0.2) is 22.0 Å². The molecule has 21 heavy (non-hydrogen) atoms. The van der Waals surface area contributed by atoms with Crippen molar-refractivity contribution < 1.29 is 9.63 Å². The average molecular weight is 308 g/mol. The third-order valence-electron chi connectivity index (χ3n) is 3.63. The molecule has 0 radical (unpaired) electrons. The van der Waals surface area contributed by atoms with Gasteiger partial charge < -0.3 is 14.5 Å². The van der Waals surface area contributed by atoms with Crippen LogP contribution in [0.5, 0.6) is 0 Å². The molecule has 3 rings (SSSR count). The maximum atomic E-state index is 9.89. The summed E-state index contributed by atoms with van der Waals surface area (Å²) in [6, 6.07) is 4.27. The number of aromatic nitrogens is 2. The van der Waals surface area contributed by atoms with Crippen LogP contribution in [0.4, 0.5) is 0 Å². The molecule has 1 fully saturated rings. The molecule has 3 heterocycles. The summed E-state index contributed by atoms with van der Waals surface area (Å²) in [7, 11) is 4.10. The molecule has 0 aromatic carbocycles. The molecule has 0 amide bonds. The van der Waals surface area contributed by atoms with Crippen LogP contribution in [-0.4, -0.2) is 64.4 Å². The van der Waals surface area contributed by atoms with Gasteiger partial charge in [-0.15, -0.1) is 11.3 Å². The van der Waals surface area contributed by atoms with Crippen molar-refractivity contribution in [2.45, 2.75) is 25.1 Å². The molecule has 7 heteroatoms. The summed E-state index contributed by atoms with van der Waals surface area (Å²) in [5, 5.41) is 15.9. The zero-order chi connectivity index (χ0) is 14.8. The van der Waals surface area contributed by atoms with E-state index in [1.54, 1.807) is 11.3 Å². The van der Waals surface area contributed by atoms with E-state index >= 15 is 0 Å². The second kappa shape index (κ2) is 6.23. The van der Waals surface area contributed by atoms with Gasteiger partial charge in [-0.05, 0) is 32.0 Å². The summed E-state index contributed by atoms with van der Waals surface area (Å²) in [5.74, 6) is 1.25. The zero-order valence-electron chi connectivity index (χ0n) is 12.3. The lowest BCUT2D eigenvalue weighted by Gasteiger charge is -2.25. The Balaban J connectivity index is 1.68. The number of likely N-dealkylation sites (tertiary alicyclic amines) is 1. The van der Waals surface area contributed by atoms with Gasteiger partial charge in [-0.1, -0.05) is 11.2 Å². The van der Waals surface area contributed by atoms with Crippen molar-refractivity contribution >= 4 is 11.3 Å². The van der Waals surface area contributed by atoms with Crippen LogP contribution >= 0.6 is 11.3 Å². The largest absolute Gasteiger partial charge is 0.392 e. The zero-order valence-corrected chi connectivity index (χ0v) is 13.1. The molecule has 1 aliphatic rings. The maximum absolute atomic E-state index is 9.89. The van der Waals surface area contributed by atoms with Crippen molar-refractivity contribution in [3.05, 3.63) is 23.3 Å². The lowest BCUT2D eigenvalue weighted by Crippen LogP contribution is -2.37. The molecule has 114 valence electrons. The predicted molar refractivity (Wildman–Crippen MR) is 81.0 cm³/mol. The normalized spacial score (nSPS) is 23.2. The van der Waals surface area contributed by atoms with E-state index in [1.807, 2.05) is 31.6 Å². The Bertz CT molecular complexity index is 569. The van der Waals surface area contributed by atoms with Gasteiger partial charge in [0.1, 0.15) is 0 Å². The molecule has 0 aliphatic carbocycles. The summed E-state index contributed by atoms with van der Waals surface area (Å²) < 4.78 is 5.31. The summed E-state index contributed by atoms with van der Waals surface area (Å²) in [6.07, 6.45) is 0.534. The Labute approximate surface area is 128 Å². The molecule has 2 unspecified atom stereocenters. The van der Waals surface area contributed by atoms with E-state index in [0.717, 1.165) is 17.8 Å². The van der Waals surface area contributed by atoms with E-state index in [4.69, 9.17) is 4.52 Å². The Morgan fingerprint density at radius 1 is 1.52 bits per heavy atom. The number of hydrogen-bond acceptors (Lipinski definition) is 7. The lowest BCUT2D eigenvalue weighted by molar-refractivity contribution is 0.166. The highest BCUT2D eigenvalue weighted by Gasteiger charge is 2.32. The fourth-order valence-corrected chi connectivity index (χ4v) is 3.41. The van der Waals surface area contributed by atoms with Gasteiger partial charge in [-0.2, -0.15) is 4.98 Å². The van der Waals surface area contributed by atoms with Crippen LogP contribution in [0, 0.1) is 0 Å². The van der Waals surface area contributed by atoms with E-state index < -0.39 is 0 Å². The quantitative estimate of drug-likeness (QED) is 0.898. The van der Waals surface area contributed by atoms with Crippen LogP contribution in [0.2, 0.25) is 0 Å². The molecule has 2 aromatic rings. The molecule has 6 nitrogen and oxygen atoms in total. The molecule has 0 saturated carbocycles. The standard InChI is InChI=1S/C14H20N4O2S/c1-17(2)7-10-6-11(19)8-18(10)9-13-15-14(20-16-13)12-4-3-5-21-12/h3-5,10-11,19H,6-9H2,1-2H3. The van der Waals surface area contributed by atoms with Gasteiger partial charge in [0.25, 0.3) is 5.89 Å². The number of aliphatic hydroxyl groups is 1. The van der Waals surface area contributed by atoms with E-state index in [9.17, 15) is 5.11 Å². The van der Waals surface area contributed by atoms with Gasteiger partial charge in [0.05, 0.1) is 17.5 Å². The van der Waals surface area contributed by atoms with E-state index in [2.05, 4.69) is 19.9 Å². The SMILES string of the molecule is CN(C)CC1CC(O)CN1Cc1noc(-c2cccs2)n1. The van der Waals surface area contributed by atoms with E-state index in [-0.39, 0.29) is 6.10 Å². The Morgan fingerprint density at radius 2 is 2.38 bits per heavy atom. The third-order valence-corrected chi connectivity index (χ3v) is 4.48. The predicted octanol–water partition coefficient (Wildman–Crippen LogP) is 1.29. The van der Waals surface area contributed by atoms with E-state index in [0.29, 0.717) is 30.8 Å². The fourth-order valence-electron chi connectivity index (χ4n) is 2.76. The van der Waals surface area contributed by atoms with Gasteiger partial charge in [0.2, 0.25) is 0 Å². The summed E-state index contributed by atoms with van der Waals surface area (Å²) in [4.78, 5) is 9.81. The minimum atomic E-state index is -0.265. The van der Waals surface area contributed by atoms with Crippen LogP contribution < -0.4 is 0 Å². The highest BCUT2D eigenvalue weighted by molar-refractivity contribution is 7.13. The maximum Gasteiger partial charge on any atom is 0.268 e.